The van der Waals surface area contributed by atoms with Gasteiger partial charge in [0.25, 0.3) is 0 Å². The molecule has 0 aromatic rings. The van der Waals surface area contributed by atoms with Crippen molar-refractivity contribution in [1.82, 2.24) is 0 Å². The Labute approximate surface area is 246 Å². The zero-order valence-electron chi connectivity index (χ0n) is 12.3. The van der Waals surface area contributed by atoms with Gasteiger partial charge in [0.15, 0.2) is 26.0 Å². The van der Waals surface area contributed by atoms with Gasteiger partial charge in [-0.3, -0.25) is 0 Å². The van der Waals surface area contributed by atoms with Crippen LogP contribution in [0.1, 0.15) is 6.42 Å². The molecule has 0 saturated heterocycles. The molecule has 170 valence electrons. The van der Waals surface area contributed by atoms with Crippen molar-refractivity contribution in [3.63, 3.8) is 0 Å². The Balaban J connectivity index is 6.63. The quantitative estimate of drug-likeness (QED) is 0.246. The molecular weight excluding hydrogens is 739 g/mol. The lowest BCUT2D eigenvalue weighted by atomic mass is 10.0. The van der Waals surface area contributed by atoms with Gasteiger partial charge in [0.1, 0.15) is 0 Å². The molecule has 0 aliphatic carbocycles. The first-order valence-corrected chi connectivity index (χ1v) is 12.6. The molecule has 0 rings (SSSR count). The van der Waals surface area contributed by atoms with Crippen LogP contribution in [0.25, 0.3) is 0 Å². The van der Waals surface area contributed by atoms with Crippen LogP contribution in [-0.2, 0) is 0 Å². The van der Waals surface area contributed by atoms with Crippen LogP contribution in [0, 0.1) is 0 Å². The van der Waals surface area contributed by atoms with E-state index in [1.54, 1.807) is 0 Å². The predicted molar refractivity (Wildman–Crippen MR) is 133 cm³/mol. The summed E-state index contributed by atoms with van der Waals surface area (Å²) in [6.07, 6.45) is -0.457. The summed E-state index contributed by atoms with van der Waals surface area (Å²) in [5.41, 5.74) is 0. The molecule has 0 saturated carbocycles. The van der Waals surface area contributed by atoms with E-state index in [1.165, 1.54) is 0 Å². The highest BCUT2D eigenvalue weighted by Crippen LogP contribution is 2.72. The molecule has 0 aliphatic heterocycles. The Kier molecular flexibility index (Phi) is 11.9. The first kappa shape index (κ1) is 32.9. The van der Waals surface area contributed by atoms with Gasteiger partial charge < -0.3 is 5.11 Å². The zero-order valence-corrected chi connectivity index (χ0v) is 25.1. The topological polar surface area (TPSA) is 20.2 Å². The molecular formula is C10H5Cl17O. The maximum absolute atomic E-state index is 9.11. The standard InChI is InChI=1S/C10H5Cl17O/c11-3(12,1-2-28)4(13,14)5(15,16)6(17,18)7(19,20)8(21,22)9(23,24)10(25,26)27/h28H,1-2H2. The lowest BCUT2D eigenvalue weighted by Gasteiger charge is -2.54. The average molecular weight is 744 g/mol. The van der Waals surface area contributed by atoms with Crippen molar-refractivity contribution in [2.75, 3.05) is 6.61 Å². The highest BCUT2D eigenvalue weighted by molar-refractivity contribution is 6.83. The average Bonchev–Trinajstić information content (AvgIpc) is 2.44. The smallest absolute Gasteiger partial charge is 0.226 e. The molecule has 0 radical (unpaired) electrons. The van der Waals surface area contributed by atoms with Gasteiger partial charge in [0.05, 0.1) is 0 Å². The summed E-state index contributed by atoms with van der Waals surface area (Å²) in [6.45, 7) is -0.600. The Bertz CT molecular complexity index is 559. The minimum atomic E-state index is -2.98. The highest BCUT2D eigenvalue weighted by atomic mass is 35.6. The Morgan fingerprint density at radius 1 is 0.393 bits per heavy atom. The van der Waals surface area contributed by atoms with Crippen LogP contribution in [0.15, 0.2) is 0 Å². The van der Waals surface area contributed by atoms with Gasteiger partial charge in [0, 0.05) is 13.0 Å². The number of rotatable bonds is 8. The van der Waals surface area contributed by atoms with E-state index in [0.717, 1.165) is 0 Å². The molecule has 0 aromatic carbocycles. The van der Waals surface area contributed by atoms with Crippen LogP contribution < -0.4 is 0 Å². The number of aliphatic hydroxyl groups is 1. The Hall–Kier alpha value is 4.89. The first-order chi connectivity index (χ1) is 11.8. The van der Waals surface area contributed by atoms with E-state index in [4.69, 9.17) is 202 Å². The van der Waals surface area contributed by atoms with Crippen LogP contribution in [0.5, 0.6) is 0 Å². The van der Waals surface area contributed by atoms with Gasteiger partial charge in [0.2, 0.25) is 8.13 Å². The first-order valence-electron chi connectivity index (χ1n) is 6.13. The lowest BCUT2D eigenvalue weighted by Crippen LogP contribution is -2.70. The largest absolute Gasteiger partial charge is 0.396 e. The van der Waals surface area contributed by atoms with E-state index in [1.807, 2.05) is 0 Å². The summed E-state index contributed by atoms with van der Waals surface area (Å²) < 4.78 is -22.1. The fraction of sp³-hybridized carbons (Fsp3) is 1.00. The van der Waals surface area contributed by atoms with E-state index in [0.29, 0.717) is 0 Å². The van der Waals surface area contributed by atoms with Crippen molar-refractivity contribution in [2.45, 2.75) is 40.5 Å². The predicted octanol–water partition coefficient (Wildman–Crippen LogP) is 9.96. The molecule has 0 atom stereocenters. The molecule has 0 amide bonds. The highest BCUT2D eigenvalue weighted by Gasteiger charge is 2.80. The van der Waals surface area contributed by atoms with E-state index in [-0.39, 0.29) is 0 Å². The van der Waals surface area contributed by atoms with E-state index >= 15 is 0 Å². The van der Waals surface area contributed by atoms with Crippen LogP contribution in [0.2, 0.25) is 0 Å². The van der Waals surface area contributed by atoms with E-state index in [2.05, 4.69) is 0 Å². The molecule has 0 spiro atoms. The molecule has 0 aromatic heterocycles. The van der Waals surface area contributed by atoms with Crippen molar-refractivity contribution < 1.29 is 5.11 Å². The molecule has 28 heavy (non-hydrogen) atoms. The third-order valence-corrected chi connectivity index (χ3v) is 14.8. The second-order valence-electron chi connectivity index (χ2n) is 5.12. The molecule has 18 heteroatoms. The minimum absolute atomic E-state index is 0.457. The van der Waals surface area contributed by atoms with Crippen molar-refractivity contribution >= 4 is 197 Å². The number of halogens is 17. The zero-order chi connectivity index (χ0) is 23.4. The number of hydrogen-bond donors (Lipinski definition) is 1. The van der Waals surface area contributed by atoms with Gasteiger partial charge in [-0.15, -0.1) is 0 Å². The summed E-state index contributed by atoms with van der Waals surface area (Å²) in [7, 11) is 0. The van der Waals surface area contributed by atoms with Gasteiger partial charge in [-0.25, -0.2) is 0 Å². The lowest BCUT2D eigenvalue weighted by molar-refractivity contribution is 0.273. The van der Waals surface area contributed by atoms with Crippen LogP contribution in [0.4, 0.5) is 0 Å². The van der Waals surface area contributed by atoms with Gasteiger partial charge in [-0.05, 0) is 0 Å². The minimum Gasteiger partial charge on any atom is -0.396 e. The molecule has 1 N–H and O–H groups in total. The molecule has 1 nitrogen and oxygen atoms in total. The molecule has 0 heterocycles. The summed E-state index contributed by atoms with van der Waals surface area (Å²) in [5.74, 6) is 0. The second kappa shape index (κ2) is 10.1. The van der Waals surface area contributed by atoms with Gasteiger partial charge >= 0.3 is 0 Å². The van der Waals surface area contributed by atoms with Crippen molar-refractivity contribution in [3.8, 4) is 0 Å². The van der Waals surface area contributed by atoms with Crippen LogP contribution in [0.3, 0.4) is 0 Å². The van der Waals surface area contributed by atoms with Gasteiger partial charge in [-0.2, -0.15) is 0 Å². The van der Waals surface area contributed by atoms with Crippen LogP contribution in [-0.4, -0.2) is 45.8 Å². The maximum Gasteiger partial charge on any atom is 0.226 e. The number of alkyl halides is 17. The van der Waals surface area contributed by atoms with E-state index in [9.17, 15) is 0 Å². The Morgan fingerprint density at radius 3 is 0.893 bits per heavy atom. The summed E-state index contributed by atoms with van der Waals surface area (Å²) in [5, 5.41) is 9.11. The summed E-state index contributed by atoms with van der Waals surface area (Å²) in [4.78, 5) is 0. The fourth-order valence-corrected chi connectivity index (χ4v) is 6.69. The third kappa shape index (κ3) is 5.34. The van der Waals surface area contributed by atoms with Crippen molar-refractivity contribution in [2.24, 2.45) is 0 Å². The molecule has 0 bridgehead atoms. The molecule has 0 unspecified atom stereocenters. The van der Waals surface area contributed by atoms with Crippen LogP contribution >= 0.6 is 197 Å². The maximum atomic E-state index is 9.11. The normalized spacial score (nSPS) is 16.5. The SMILES string of the molecule is OCCC(Cl)(Cl)C(Cl)(Cl)C(Cl)(Cl)C(Cl)(Cl)C(Cl)(Cl)C(Cl)(Cl)C(Cl)(Cl)C(Cl)(Cl)Cl. The molecule has 0 aliphatic rings. The monoisotopic (exact) mass is 736 g/mol. The Morgan fingerprint density at radius 2 is 0.643 bits per heavy atom. The van der Waals surface area contributed by atoms with Crippen molar-refractivity contribution in [3.05, 3.63) is 0 Å². The summed E-state index contributed by atoms with van der Waals surface area (Å²) in [6, 6.07) is 0. The van der Waals surface area contributed by atoms with E-state index < -0.39 is 47.2 Å². The number of aliphatic hydroxyl groups excluding tert-OH is 1. The fourth-order valence-electron chi connectivity index (χ4n) is 1.49. The molecule has 0 fully saturated rings. The van der Waals surface area contributed by atoms with Crippen molar-refractivity contribution in [1.29, 1.82) is 0 Å². The second-order valence-corrected chi connectivity index (χ2v) is 16.9. The van der Waals surface area contributed by atoms with Gasteiger partial charge in [-0.1, -0.05) is 197 Å². The summed E-state index contributed by atoms with van der Waals surface area (Å²) >= 11 is 103. The number of hydrogen-bond acceptors (Lipinski definition) is 1. The third-order valence-electron chi connectivity index (χ3n) is 3.21.